The molecule has 4 rings (SSSR count). The molecule has 1 saturated carbocycles. The maximum atomic E-state index is 5.41. The van der Waals surface area contributed by atoms with Crippen LogP contribution >= 0.6 is 0 Å². The van der Waals surface area contributed by atoms with Crippen LogP contribution in [0.3, 0.4) is 0 Å². The van der Waals surface area contributed by atoms with Crippen LogP contribution in [-0.4, -0.2) is 16.7 Å². The SMILES string of the molecule is c1ccc2c(c1)CCCC2c1noc(CNCC2CC2)n1. The van der Waals surface area contributed by atoms with Crippen LogP contribution in [0.2, 0.25) is 0 Å². The molecule has 1 aromatic heterocycles. The van der Waals surface area contributed by atoms with Gasteiger partial charge in [0.1, 0.15) is 0 Å². The molecule has 4 nitrogen and oxygen atoms in total. The van der Waals surface area contributed by atoms with E-state index in [1.807, 2.05) is 0 Å². The molecule has 0 amide bonds. The quantitative estimate of drug-likeness (QED) is 0.916. The molecule has 4 heteroatoms. The normalized spacial score (nSPS) is 21.2. The van der Waals surface area contributed by atoms with Gasteiger partial charge in [0, 0.05) is 5.92 Å². The Hall–Kier alpha value is -1.68. The van der Waals surface area contributed by atoms with Gasteiger partial charge in [0.2, 0.25) is 5.89 Å². The monoisotopic (exact) mass is 283 g/mol. The summed E-state index contributed by atoms with van der Waals surface area (Å²) < 4.78 is 5.41. The van der Waals surface area contributed by atoms with Crippen molar-refractivity contribution in [3.8, 4) is 0 Å². The highest BCUT2D eigenvalue weighted by atomic mass is 16.5. The molecule has 2 aliphatic carbocycles. The van der Waals surface area contributed by atoms with Crippen LogP contribution in [0.5, 0.6) is 0 Å². The lowest BCUT2D eigenvalue weighted by Gasteiger charge is -2.22. The minimum absolute atomic E-state index is 0.302. The molecule has 1 unspecified atom stereocenters. The Bertz CT molecular complexity index is 618. The summed E-state index contributed by atoms with van der Waals surface area (Å²) in [6.07, 6.45) is 6.21. The molecule has 2 aliphatic rings. The molecule has 0 spiro atoms. The number of nitrogens with one attached hydrogen (secondary N) is 1. The average Bonchev–Trinajstić information content (AvgIpc) is 3.23. The molecule has 2 aromatic rings. The van der Waals surface area contributed by atoms with Crippen molar-refractivity contribution in [1.29, 1.82) is 0 Å². The first-order valence-electron chi connectivity index (χ1n) is 8.01. The zero-order chi connectivity index (χ0) is 14.1. The Morgan fingerprint density at radius 2 is 2.10 bits per heavy atom. The van der Waals surface area contributed by atoms with Gasteiger partial charge < -0.3 is 9.84 Å². The molecule has 110 valence electrons. The highest BCUT2D eigenvalue weighted by Crippen LogP contribution is 2.35. The highest BCUT2D eigenvalue weighted by Gasteiger charge is 2.26. The van der Waals surface area contributed by atoms with Gasteiger partial charge in [-0.1, -0.05) is 29.4 Å². The number of hydrogen-bond acceptors (Lipinski definition) is 4. The largest absolute Gasteiger partial charge is 0.338 e. The Labute approximate surface area is 124 Å². The third-order valence-electron chi connectivity index (χ3n) is 4.57. The number of aromatic nitrogens is 2. The van der Waals surface area contributed by atoms with E-state index in [-0.39, 0.29) is 0 Å². The first-order valence-corrected chi connectivity index (χ1v) is 8.01. The van der Waals surface area contributed by atoms with E-state index in [9.17, 15) is 0 Å². The molecule has 0 bridgehead atoms. The van der Waals surface area contributed by atoms with Gasteiger partial charge in [0.15, 0.2) is 5.82 Å². The van der Waals surface area contributed by atoms with Gasteiger partial charge >= 0.3 is 0 Å². The van der Waals surface area contributed by atoms with Crippen LogP contribution in [0.4, 0.5) is 0 Å². The first kappa shape index (κ1) is 13.0. The van der Waals surface area contributed by atoms with E-state index in [2.05, 4.69) is 39.7 Å². The molecule has 1 atom stereocenters. The lowest BCUT2D eigenvalue weighted by atomic mass is 9.82. The smallest absolute Gasteiger partial charge is 0.240 e. The summed E-state index contributed by atoms with van der Waals surface area (Å²) in [5.74, 6) is 2.74. The molecule has 1 heterocycles. The molecular weight excluding hydrogens is 262 g/mol. The number of benzene rings is 1. The summed E-state index contributed by atoms with van der Waals surface area (Å²) in [7, 11) is 0. The Balaban J connectivity index is 1.47. The van der Waals surface area contributed by atoms with Gasteiger partial charge in [0.05, 0.1) is 6.54 Å². The second-order valence-electron chi connectivity index (χ2n) is 6.26. The van der Waals surface area contributed by atoms with Crippen LogP contribution in [-0.2, 0) is 13.0 Å². The van der Waals surface area contributed by atoms with Crippen molar-refractivity contribution in [3.63, 3.8) is 0 Å². The second kappa shape index (κ2) is 5.60. The predicted octanol–water partition coefficient (Wildman–Crippen LogP) is 3.04. The fourth-order valence-electron chi connectivity index (χ4n) is 3.21. The summed E-state index contributed by atoms with van der Waals surface area (Å²) in [5.41, 5.74) is 2.81. The van der Waals surface area contributed by atoms with Gasteiger partial charge in [-0.15, -0.1) is 0 Å². The van der Waals surface area contributed by atoms with E-state index in [1.54, 1.807) is 0 Å². The third kappa shape index (κ3) is 2.86. The molecule has 1 fully saturated rings. The van der Waals surface area contributed by atoms with Crippen molar-refractivity contribution >= 4 is 0 Å². The number of nitrogens with zero attached hydrogens (tertiary/aromatic N) is 2. The second-order valence-corrected chi connectivity index (χ2v) is 6.26. The van der Waals surface area contributed by atoms with Crippen molar-refractivity contribution in [1.82, 2.24) is 15.5 Å². The predicted molar refractivity (Wildman–Crippen MR) is 80.0 cm³/mol. The zero-order valence-electron chi connectivity index (χ0n) is 12.2. The summed E-state index contributed by atoms with van der Waals surface area (Å²) in [6.45, 7) is 1.77. The molecule has 1 N–H and O–H groups in total. The molecule has 1 aromatic carbocycles. The standard InChI is InChI=1S/C17H21N3O/c1-2-6-14-13(4-1)5-3-7-15(14)17-19-16(21-20-17)11-18-10-12-8-9-12/h1-2,4,6,12,15,18H,3,5,7-11H2. The maximum Gasteiger partial charge on any atom is 0.240 e. The Morgan fingerprint density at radius 1 is 1.19 bits per heavy atom. The van der Waals surface area contributed by atoms with E-state index >= 15 is 0 Å². The highest BCUT2D eigenvalue weighted by molar-refractivity contribution is 5.36. The van der Waals surface area contributed by atoms with Crippen molar-refractivity contribution in [2.75, 3.05) is 6.54 Å². The number of rotatable bonds is 5. The minimum Gasteiger partial charge on any atom is -0.338 e. The summed E-state index contributed by atoms with van der Waals surface area (Å²) in [6, 6.07) is 8.65. The van der Waals surface area contributed by atoms with Crippen molar-refractivity contribution < 1.29 is 4.52 Å². The van der Waals surface area contributed by atoms with Gasteiger partial charge in [-0.05, 0) is 55.7 Å². The Kier molecular flexibility index (Phi) is 3.47. The lowest BCUT2D eigenvalue weighted by Crippen LogP contribution is -2.16. The molecule has 0 saturated heterocycles. The minimum atomic E-state index is 0.302. The van der Waals surface area contributed by atoms with E-state index in [1.165, 1.54) is 36.8 Å². The molecule has 0 aliphatic heterocycles. The zero-order valence-corrected chi connectivity index (χ0v) is 12.2. The van der Waals surface area contributed by atoms with Crippen molar-refractivity contribution in [2.45, 2.75) is 44.6 Å². The van der Waals surface area contributed by atoms with Crippen molar-refractivity contribution in [3.05, 3.63) is 47.1 Å². The summed E-state index contributed by atoms with van der Waals surface area (Å²) >= 11 is 0. The maximum absolute atomic E-state index is 5.41. The average molecular weight is 283 g/mol. The molecule has 0 radical (unpaired) electrons. The van der Waals surface area contributed by atoms with Crippen LogP contribution in [0.1, 0.15) is 54.4 Å². The van der Waals surface area contributed by atoms with E-state index in [4.69, 9.17) is 4.52 Å². The fourth-order valence-corrected chi connectivity index (χ4v) is 3.21. The van der Waals surface area contributed by atoms with Crippen LogP contribution in [0.25, 0.3) is 0 Å². The van der Waals surface area contributed by atoms with E-state index < -0.39 is 0 Å². The van der Waals surface area contributed by atoms with Gasteiger partial charge in [-0.2, -0.15) is 4.98 Å². The third-order valence-corrected chi connectivity index (χ3v) is 4.57. The summed E-state index contributed by atoms with van der Waals surface area (Å²) in [4.78, 5) is 4.61. The van der Waals surface area contributed by atoms with Gasteiger partial charge in [-0.25, -0.2) is 0 Å². The lowest BCUT2D eigenvalue weighted by molar-refractivity contribution is 0.359. The van der Waals surface area contributed by atoms with E-state index in [0.29, 0.717) is 18.4 Å². The van der Waals surface area contributed by atoms with Crippen molar-refractivity contribution in [2.24, 2.45) is 5.92 Å². The first-order chi connectivity index (χ1) is 10.4. The van der Waals surface area contributed by atoms with Gasteiger partial charge in [-0.3, -0.25) is 0 Å². The number of hydrogen-bond donors (Lipinski definition) is 1. The number of aryl methyl sites for hydroxylation is 1. The Morgan fingerprint density at radius 3 is 3.00 bits per heavy atom. The topological polar surface area (TPSA) is 51.0 Å². The van der Waals surface area contributed by atoms with E-state index in [0.717, 1.165) is 24.7 Å². The van der Waals surface area contributed by atoms with Crippen LogP contribution in [0, 0.1) is 5.92 Å². The molecular formula is C17H21N3O. The van der Waals surface area contributed by atoms with Crippen LogP contribution in [0.15, 0.2) is 28.8 Å². The van der Waals surface area contributed by atoms with Gasteiger partial charge in [0.25, 0.3) is 0 Å². The number of fused-ring (bicyclic) bond motifs is 1. The fraction of sp³-hybridized carbons (Fsp3) is 0.529. The van der Waals surface area contributed by atoms with Crippen LogP contribution < -0.4 is 5.32 Å². The molecule has 21 heavy (non-hydrogen) atoms. The summed E-state index contributed by atoms with van der Waals surface area (Å²) in [5, 5.41) is 7.63.